The molecule has 0 saturated heterocycles. The number of methoxy groups -OCH3 is 1. The molecule has 0 fully saturated rings. The fraction of sp³-hybridized carbons (Fsp3) is 0.250. The van der Waals surface area contributed by atoms with Crippen LogP contribution in [0.25, 0.3) is 0 Å². The second-order valence-corrected chi connectivity index (χ2v) is 7.65. The molecule has 3 aromatic rings. The number of benzene rings is 1. The van der Waals surface area contributed by atoms with E-state index in [1.807, 2.05) is 18.2 Å². The Morgan fingerprint density at radius 1 is 1.38 bits per heavy atom. The van der Waals surface area contributed by atoms with Crippen molar-refractivity contribution in [2.24, 2.45) is 7.05 Å². The van der Waals surface area contributed by atoms with Crippen molar-refractivity contribution in [3.8, 4) is 5.75 Å². The monoisotopic (exact) mass is 434 g/mol. The first-order chi connectivity index (χ1) is 13.9. The van der Waals surface area contributed by atoms with Crippen molar-refractivity contribution in [3.63, 3.8) is 0 Å². The van der Waals surface area contributed by atoms with Gasteiger partial charge in [0, 0.05) is 29.9 Å². The Morgan fingerprint density at radius 3 is 2.79 bits per heavy atom. The van der Waals surface area contributed by atoms with Crippen LogP contribution in [0.1, 0.15) is 29.6 Å². The average molecular weight is 435 g/mol. The van der Waals surface area contributed by atoms with Crippen molar-refractivity contribution in [2.75, 3.05) is 7.11 Å². The lowest BCUT2D eigenvalue weighted by molar-refractivity contribution is -0.141. The average Bonchev–Trinajstić information content (AvgIpc) is 3.13. The third-order valence-electron chi connectivity index (χ3n) is 4.34. The molecule has 2 heterocycles. The maximum absolute atomic E-state index is 12.4. The molecule has 0 amide bonds. The Bertz CT molecular complexity index is 1080. The van der Waals surface area contributed by atoms with Gasteiger partial charge in [-0.2, -0.15) is 5.10 Å². The number of rotatable bonds is 7. The van der Waals surface area contributed by atoms with Gasteiger partial charge in [0.15, 0.2) is 5.76 Å². The summed E-state index contributed by atoms with van der Waals surface area (Å²) < 4.78 is 12.2. The number of carbonyl (C=O) groups is 1. The van der Waals surface area contributed by atoms with Crippen LogP contribution in [-0.4, -0.2) is 28.0 Å². The van der Waals surface area contributed by atoms with E-state index >= 15 is 0 Å². The van der Waals surface area contributed by atoms with Crippen LogP contribution in [0.3, 0.4) is 0 Å². The molecule has 152 valence electrons. The Balaban J connectivity index is 1.98. The number of aryl methyl sites for hydroxylation is 1. The molecule has 0 spiro atoms. The van der Waals surface area contributed by atoms with Gasteiger partial charge in [-0.15, -0.1) is 11.8 Å². The molecule has 0 unspecified atom stereocenters. The van der Waals surface area contributed by atoms with Gasteiger partial charge in [-0.05, 0) is 18.2 Å². The molecule has 7 nitrogen and oxygen atoms in total. The summed E-state index contributed by atoms with van der Waals surface area (Å²) in [4.78, 5) is 25.2. The van der Waals surface area contributed by atoms with Gasteiger partial charge in [-0.25, -0.2) is 0 Å². The number of esters is 1. The second-order valence-electron chi connectivity index (χ2n) is 6.22. The molecule has 1 aromatic carbocycles. The molecule has 0 aliphatic carbocycles. The molecular weight excluding hydrogens is 416 g/mol. The van der Waals surface area contributed by atoms with Crippen molar-refractivity contribution in [3.05, 3.63) is 75.1 Å². The van der Waals surface area contributed by atoms with E-state index in [1.165, 1.54) is 24.9 Å². The van der Waals surface area contributed by atoms with E-state index in [2.05, 4.69) is 5.10 Å². The summed E-state index contributed by atoms with van der Waals surface area (Å²) >= 11 is 7.57. The van der Waals surface area contributed by atoms with Crippen molar-refractivity contribution in [1.29, 1.82) is 0 Å². The van der Waals surface area contributed by atoms with Gasteiger partial charge < -0.3 is 14.3 Å². The first-order valence-corrected chi connectivity index (χ1v) is 10.0. The molecule has 29 heavy (non-hydrogen) atoms. The zero-order valence-corrected chi connectivity index (χ0v) is 17.4. The lowest BCUT2D eigenvalue weighted by Crippen LogP contribution is -2.16. The second kappa shape index (κ2) is 9.19. The Hall–Kier alpha value is -2.71. The van der Waals surface area contributed by atoms with Gasteiger partial charge in [-0.1, -0.05) is 23.7 Å². The van der Waals surface area contributed by atoms with E-state index < -0.39 is 23.1 Å². The SMILES string of the molecule is COC(=O)C[C@@H](c1oc(CSc2ccccc2Cl)cc(=O)c1O)c1ccnn1C. The molecule has 0 aliphatic heterocycles. The number of hydrogen-bond acceptors (Lipinski definition) is 7. The van der Waals surface area contributed by atoms with E-state index in [0.717, 1.165) is 4.90 Å². The van der Waals surface area contributed by atoms with E-state index in [-0.39, 0.29) is 12.2 Å². The van der Waals surface area contributed by atoms with Crippen molar-refractivity contribution < 1.29 is 19.1 Å². The van der Waals surface area contributed by atoms with Gasteiger partial charge in [0.2, 0.25) is 11.2 Å². The lowest BCUT2D eigenvalue weighted by Gasteiger charge is -2.17. The third-order valence-corrected chi connectivity index (χ3v) is 5.87. The van der Waals surface area contributed by atoms with E-state index in [9.17, 15) is 14.7 Å². The number of halogens is 1. The highest BCUT2D eigenvalue weighted by atomic mass is 35.5. The smallest absolute Gasteiger partial charge is 0.306 e. The van der Waals surface area contributed by atoms with Gasteiger partial charge in [0.25, 0.3) is 0 Å². The predicted molar refractivity (Wildman–Crippen MR) is 109 cm³/mol. The van der Waals surface area contributed by atoms with Crippen LogP contribution < -0.4 is 5.43 Å². The summed E-state index contributed by atoms with van der Waals surface area (Å²) in [6, 6.07) is 10.3. The van der Waals surface area contributed by atoms with Crippen LogP contribution in [0.2, 0.25) is 5.02 Å². The van der Waals surface area contributed by atoms with Crippen LogP contribution >= 0.6 is 23.4 Å². The highest BCUT2D eigenvalue weighted by Crippen LogP contribution is 2.35. The summed E-state index contributed by atoms with van der Waals surface area (Å²) in [5.41, 5.74) is 0.0165. The molecular formula is C20H19ClN2O5S. The van der Waals surface area contributed by atoms with Crippen LogP contribution in [-0.2, 0) is 22.3 Å². The minimum absolute atomic E-state index is 0.00117. The number of nitrogens with zero attached hydrogens (tertiary/aromatic N) is 2. The van der Waals surface area contributed by atoms with Gasteiger partial charge in [0.1, 0.15) is 5.76 Å². The predicted octanol–water partition coefficient (Wildman–Crippen LogP) is 3.72. The number of aromatic hydroxyl groups is 1. The first kappa shape index (κ1) is 21.0. The van der Waals surface area contributed by atoms with Crippen LogP contribution in [0.15, 0.2) is 56.7 Å². The highest BCUT2D eigenvalue weighted by Gasteiger charge is 2.28. The highest BCUT2D eigenvalue weighted by molar-refractivity contribution is 7.98. The van der Waals surface area contributed by atoms with Crippen LogP contribution in [0, 0.1) is 0 Å². The number of ether oxygens (including phenoxy) is 1. The molecule has 0 radical (unpaired) electrons. The normalized spacial score (nSPS) is 12.0. The molecule has 0 aliphatic rings. The Labute approximate surface area is 176 Å². The summed E-state index contributed by atoms with van der Waals surface area (Å²) in [6.45, 7) is 0. The van der Waals surface area contributed by atoms with Crippen molar-refractivity contribution in [1.82, 2.24) is 9.78 Å². The number of carbonyl (C=O) groups excluding carboxylic acids is 1. The van der Waals surface area contributed by atoms with Crippen molar-refractivity contribution in [2.45, 2.75) is 23.0 Å². The summed E-state index contributed by atoms with van der Waals surface area (Å²) in [7, 11) is 2.97. The zero-order valence-electron chi connectivity index (χ0n) is 15.8. The lowest BCUT2D eigenvalue weighted by atomic mass is 9.97. The molecule has 0 saturated carbocycles. The van der Waals surface area contributed by atoms with Gasteiger partial charge in [-0.3, -0.25) is 14.3 Å². The Morgan fingerprint density at radius 2 is 2.14 bits per heavy atom. The molecule has 0 bridgehead atoms. The van der Waals surface area contributed by atoms with Crippen LogP contribution in [0.5, 0.6) is 5.75 Å². The summed E-state index contributed by atoms with van der Waals surface area (Å²) in [5, 5.41) is 15.1. The van der Waals surface area contributed by atoms with E-state index in [4.69, 9.17) is 20.8 Å². The quantitative estimate of drug-likeness (QED) is 0.447. The van der Waals surface area contributed by atoms with E-state index in [0.29, 0.717) is 22.2 Å². The third kappa shape index (κ3) is 4.83. The minimum Gasteiger partial charge on any atom is -0.502 e. The largest absolute Gasteiger partial charge is 0.502 e. The maximum atomic E-state index is 12.4. The van der Waals surface area contributed by atoms with Gasteiger partial charge in [0.05, 0.1) is 30.2 Å². The summed E-state index contributed by atoms with van der Waals surface area (Å²) in [6.07, 6.45) is 1.44. The molecule has 3 rings (SSSR count). The molecule has 1 N–H and O–H groups in total. The first-order valence-electron chi connectivity index (χ1n) is 8.68. The summed E-state index contributed by atoms with van der Waals surface area (Å²) in [5.74, 6) is -1.10. The fourth-order valence-corrected chi connectivity index (χ4v) is 4.00. The van der Waals surface area contributed by atoms with Crippen LogP contribution in [0.4, 0.5) is 0 Å². The van der Waals surface area contributed by atoms with Crippen molar-refractivity contribution >= 4 is 29.3 Å². The van der Waals surface area contributed by atoms with E-state index in [1.54, 1.807) is 30.1 Å². The molecule has 9 heteroatoms. The number of thioether (sulfide) groups is 1. The molecule has 2 aromatic heterocycles. The minimum atomic E-state index is -0.729. The maximum Gasteiger partial charge on any atom is 0.306 e. The topological polar surface area (TPSA) is 94.6 Å². The molecule has 1 atom stereocenters. The zero-order chi connectivity index (χ0) is 21.0. The number of aromatic nitrogens is 2. The number of hydrogen-bond donors (Lipinski definition) is 1. The van der Waals surface area contributed by atoms with Gasteiger partial charge >= 0.3 is 5.97 Å². The fourth-order valence-electron chi connectivity index (χ4n) is 2.88. The standard InChI is InChI=1S/C20H19ClN2O5S/c1-23-15(7-8-22-23)13(10-18(25)27-2)20-19(26)16(24)9-12(28-20)11-29-17-6-4-3-5-14(17)21/h3-9,13,26H,10-11H2,1-2H3/t13-/m1/s1. The Kier molecular flexibility index (Phi) is 6.66.